The third-order valence-electron chi connectivity index (χ3n) is 5.89. The molecule has 12 heteroatoms. The number of carboxylic acid groups (broad SMARTS) is 1. The second-order valence-electron chi connectivity index (χ2n) is 10.9. The zero-order valence-electron chi connectivity index (χ0n) is 25.2. The molecular formula is C31H44N4O8. The third-order valence-corrected chi connectivity index (χ3v) is 5.89. The average Bonchev–Trinajstić information content (AvgIpc) is 2.95. The van der Waals surface area contributed by atoms with E-state index >= 15 is 0 Å². The van der Waals surface area contributed by atoms with Crippen LogP contribution in [-0.2, 0) is 32.2 Å². The van der Waals surface area contributed by atoms with Crippen LogP contribution >= 0.6 is 0 Å². The van der Waals surface area contributed by atoms with E-state index in [0.717, 1.165) is 30.4 Å². The van der Waals surface area contributed by atoms with Gasteiger partial charge in [-0.1, -0.05) is 73.5 Å². The minimum Gasteiger partial charge on any atom is -0.481 e. The summed E-state index contributed by atoms with van der Waals surface area (Å²) in [4.78, 5) is 48.4. The van der Waals surface area contributed by atoms with E-state index in [-0.39, 0.29) is 32.7 Å². The minimum absolute atomic E-state index is 0.0407. The number of alkyl carbamates (subject to hydrolysis) is 2. The lowest BCUT2D eigenvalue weighted by molar-refractivity contribution is -0.137. The number of unbranched alkanes of at least 4 members (excludes halogenated alkanes) is 3. The van der Waals surface area contributed by atoms with Crippen LogP contribution in [0.25, 0.3) is 0 Å². The highest BCUT2D eigenvalue weighted by Gasteiger charge is 2.23. The maximum Gasteiger partial charge on any atom is 0.424 e. The molecule has 3 amide bonds. The normalized spacial score (nSPS) is 11.6. The van der Waals surface area contributed by atoms with Crippen molar-refractivity contribution in [3.63, 3.8) is 0 Å². The van der Waals surface area contributed by atoms with Crippen LogP contribution < -0.4 is 16.1 Å². The van der Waals surface area contributed by atoms with Crippen molar-refractivity contribution in [3.05, 3.63) is 71.8 Å². The smallest absolute Gasteiger partial charge is 0.424 e. The van der Waals surface area contributed by atoms with Crippen LogP contribution in [0.3, 0.4) is 0 Å². The van der Waals surface area contributed by atoms with Crippen LogP contribution in [0.4, 0.5) is 14.4 Å². The van der Waals surface area contributed by atoms with E-state index in [0.29, 0.717) is 13.0 Å². The van der Waals surface area contributed by atoms with Gasteiger partial charge in [0, 0.05) is 19.6 Å². The fourth-order valence-corrected chi connectivity index (χ4v) is 3.82. The van der Waals surface area contributed by atoms with Crippen LogP contribution in [0.15, 0.2) is 60.7 Å². The summed E-state index contributed by atoms with van der Waals surface area (Å²) in [5.74, 6) is -1.11. The van der Waals surface area contributed by atoms with Crippen molar-refractivity contribution < 1.29 is 38.5 Å². The molecule has 0 aliphatic heterocycles. The summed E-state index contributed by atoms with van der Waals surface area (Å²) >= 11 is 0. The van der Waals surface area contributed by atoms with E-state index in [1.54, 1.807) is 20.8 Å². The average molecular weight is 601 g/mol. The number of benzene rings is 2. The number of carboxylic acids is 1. The molecule has 0 spiro atoms. The highest BCUT2D eigenvalue weighted by Crippen LogP contribution is 2.09. The van der Waals surface area contributed by atoms with E-state index in [9.17, 15) is 24.3 Å². The number of aliphatic carboxylic acids is 1. The van der Waals surface area contributed by atoms with Crippen molar-refractivity contribution in [2.45, 2.75) is 77.7 Å². The molecule has 0 bridgehead atoms. The Bertz CT molecular complexity index is 1130. The van der Waals surface area contributed by atoms with Crippen LogP contribution in [0.5, 0.6) is 0 Å². The predicted octanol–water partition coefficient (Wildman–Crippen LogP) is 4.98. The van der Waals surface area contributed by atoms with Gasteiger partial charge in [-0.05, 0) is 44.7 Å². The van der Waals surface area contributed by atoms with Crippen LogP contribution in [0.2, 0.25) is 0 Å². The van der Waals surface area contributed by atoms with Crippen molar-refractivity contribution >= 4 is 24.2 Å². The van der Waals surface area contributed by atoms with Gasteiger partial charge in [-0.25, -0.2) is 24.8 Å². The fraction of sp³-hybridized carbons (Fsp3) is 0.484. The first-order valence-electron chi connectivity index (χ1n) is 14.4. The second kappa shape index (κ2) is 19.0. The molecule has 1 atom stereocenters. The number of carbonyl (C=O) groups excluding carboxylic acids is 3. The molecule has 2 rings (SSSR count). The Morgan fingerprint density at radius 2 is 1.40 bits per heavy atom. The Hall–Kier alpha value is -4.32. The summed E-state index contributed by atoms with van der Waals surface area (Å²) < 4.78 is 15.9. The van der Waals surface area contributed by atoms with E-state index in [4.69, 9.17) is 14.2 Å². The zero-order chi connectivity index (χ0) is 31.5. The van der Waals surface area contributed by atoms with Crippen molar-refractivity contribution in [1.82, 2.24) is 21.1 Å². The van der Waals surface area contributed by atoms with Gasteiger partial charge in [-0.3, -0.25) is 4.79 Å². The van der Waals surface area contributed by atoms with E-state index < -0.39 is 35.9 Å². The van der Waals surface area contributed by atoms with Gasteiger partial charge in [0.25, 0.3) is 0 Å². The first kappa shape index (κ1) is 34.9. The molecule has 0 saturated heterocycles. The number of nitrogens with zero attached hydrogens (tertiary/aromatic N) is 1. The van der Waals surface area contributed by atoms with Gasteiger partial charge in [0.2, 0.25) is 0 Å². The molecule has 12 nitrogen and oxygen atoms in total. The molecule has 43 heavy (non-hydrogen) atoms. The molecule has 0 saturated carbocycles. The summed E-state index contributed by atoms with van der Waals surface area (Å²) in [6.45, 7) is 6.09. The first-order valence-corrected chi connectivity index (χ1v) is 14.4. The predicted molar refractivity (Wildman–Crippen MR) is 160 cm³/mol. The van der Waals surface area contributed by atoms with Gasteiger partial charge < -0.3 is 30.0 Å². The Morgan fingerprint density at radius 1 is 0.814 bits per heavy atom. The Morgan fingerprint density at radius 3 is 1.98 bits per heavy atom. The Balaban J connectivity index is 1.81. The van der Waals surface area contributed by atoms with Crippen LogP contribution in [0, 0.1) is 0 Å². The topological polar surface area (TPSA) is 156 Å². The molecule has 2 aromatic rings. The van der Waals surface area contributed by atoms with E-state index in [1.807, 2.05) is 60.7 Å². The lowest BCUT2D eigenvalue weighted by Crippen LogP contribution is -2.51. The molecule has 0 aliphatic carbocycles. The maximum absolute atomic E-state index is 12.9. The number of amides is 3. The molecule has 2 aromatic carbocycles. The Kier molecular flexibility index (Phi) is 15.4. The van der Waals surface area contributed by atoms with Crippen molar-refractivity contribution in [2.75, 3.05) is 19.6 Å². The highest BCUT2D eigenvalue weighted by molar-refractivity contribution is 5.72. The van der Waals surface area contributed by atoms with Crippen molar-refractivity contribution in [3.8, 4) is 0 Å². The summed E-state index contributed by atoms with van der Waals surface area (Å²) in [7, 11) is 0. The number of ether oxygens (including phenoxy) is 3. The number of nitrogens with one attached hydrogen (secondary N) is 3. The zero-order valence-corrected chi connectivity index (χ0v) is 25.2. The van der Waals surface area contributed by atoms with Gasteiger partial charge >= 0.3 is 24.2 Å². The molecular weight excluding hydrogens is 556 g/mol. The molecule has 0 fully saturated rings. The molecule has 236 valence electrons. The van der Waals surface area contributed by atoms with Gasteiger partial charge in [-0.2, -0.15) is 0 Å². The number of rotatable bonds is 17. The molecule has 0 unspecified atom stereocenters. The lowest BCUT2D eigenvalue weighted by Gasteiger charge is -2.27. The highest BCUT2D eigenvalue weighted by atomic mass is 16.6. The van der Waals surface area contributed by atoms with Crippen molar-refractivity contribution in [2.24, 2.45) is 0 Å². The first-order chi connectivity index (χ1) is 20.5. The van der Waals surface area contributed by atoms with Crippen molar-refractivity contribution in [1.29, 1.82) is 0 Å². The standard InChI is InChI=1S/C31H44N4O8/c1-31(2,3)43-29(39)34-26(20-27(36)37)21-33-35(30(40)42-23-25-16-10-7-11-17-25)19-13-5-4-12-18-32-28(38)41-22-24-14-8-6-9-15-24/h6-11,14-17,26,33H,4-5,12-13,18-23H2,1-3H3,(H,32,38)(H,34,39)(H,36,37)/t26-/m0/s1. The monoisotopic (exact) mass is 600 g/mol. The minimum atomic E-state index is -1.11. The Labute approximate surface area is 253 Å². The molecule has 0 heterocycles. The van der Waals surface area contributed by atoms with Crippen LogP contribution in [0.1, 0.15) is 64.0 Å². The summed E-state index contributed by atoms with van der Waals surface area (Å²) in [5, 5.41) is 15.9. The van der Waals surface area contributed by atoms with Gasteiger partial charge in [0.05, 0.1) is 12.5 Å². The number of hydrazine groups is 1. The quantitative estimate of drug-likeness (QED) is 0.112. The lowest BCUT2D eigenvalue weighted by atomic mass is 10.2. The molecule has 0 radical (unpaired) electrons. The summed E-state index contributed by atoms with van der Waals surface area (Å²) in [6.07, 6.45) is 0.681. The SMILES string of the molecule is CC(C)(C)OC(=O)N[C@H](CNN(CCCCCCNC(=O)OCc1ccccc1)C(=O)OCc1ccccc1)CC(=O)O. The van der Waals surface area contributed by atoms with Gasteiger partial charge in [-0.15, -0.1) is 0 Å². The van der Waals surface area contributed by atoms with Gasteiger partial charge in [0.15, 0.2) is 0 Å². The van der Waals surface area contributed by atoms with E-state index in [2.05, 4.69) is 16.1 Å². The number of hydrogen-bond donors (Lipinski definition) is 4. The largest absolute Gasteiger partial charge is 0.481 e. The number of carbonyl (C=O) groups is 4. The maximum atomic E-state index is 12.9. The molecule has 4 N–H and O–H groups in total. The molecule has 0 aromatic heterocycles. The summed E-state index contributed by atoms with van der Waals surface area (Å²) in [5.41, 5.74) is 3.90. The summed E-state index contributed by atoms with van der Waals surface area (Å²) in [6, 6.07) is 17.8. The second-order valence-corrected chi connectivity index (χ2v) is 10.9. The third kappa shape index (κ3) is 16.6. The van der Waals surface area contributed by atoms with Crippen LogP contribution in [-0.4, -0.2) is 65.6 Å². The number of hydrogen-bond acceptors (Lipinski definition) is 8. The molecule has 0 aliphatic rings. The fourth-order valence-electron chi connectivity index (χ4n) is 3.82. The van der Waals surface area contributed by atoms with E-state index in [1.165, 1.54) is 5.01 Å². The van der Waals surface area contributed by atoms with Gasteiger partial charge in [0.1, 0.15) is 18.8 Å².